The van der Waals surface area contributed by atoms with Gasteiger partial charge in [0.25, 0.3) is 0 Å². The summed E-state index contributed by atoms with van der Waals surface area (Å²) in [5.41, 5.74) is 7.67. The van der Waals surface area contributed by atoms with Crippen LogP contribution in [0.1, 0.15) is 33.2 Å². The zero-order valence-electron chi connectivity index (χ0n) is 23.4. The first-order chi connectivity index (χ1) is 19.7. The molecular weight excluding hydrogens is 525 g/mol. The molecule has 4 aromatic rings. The summed E-state index contributed by atoms with van der Waals surface area (Å²) in [5.74, 6) is 1.73. The normalized spacial score (nSPS) is 20.1. The monoisotopic (exact) mass is 559 g/mol. The molecule has 0 radical (unpaired) electrons. The van der Waals surface area contributed by atoms with E-state index in [0.717, 1.165) is 11.3 Å². The number of halogens is 1. The van der Waals surface area contributed by atoms with Crippen molar-refractivity contribution >= 4 is 22.9 Å². The molecule has 2 aliphatic heterocycles. The number of ether oxygens (including phenoxy) is 2. The number of hydrogen-bond acceptors (Lipinski definition) is 8. The van der Waals surface area contributed by atoms with Crippen LogP contribution in [0.15, 0.2) is 60.9 Å². The Hall–Kier alpha value is -4.25. The van der Waals surface area contributed by atoms with Crippen LogP contribution in [0.4, 0.5) is 15.0 Å². The highest BCUT2D eigenvalue weighted by atomic mass is 19.1. The van der Waals surface area contributed by atoms with E-state index in [1.807, 2.05) is 75.4 Å². The average molecular weight is 560 g/mol. The summed E-state index contributed by atoms with van der Waals surface area (Å²) in [5, 5.41) is 5.45. The van der Waals surface area contributed by atoms with Crippen LogP contribution in [-0.2, 0) is 4.74 Å². The first-order valence-electron chi connectivity index (χ1n) is 13.8. The van der Waals surface area contributed by atoms with Crippen molar-refractivity contribution < 1.29 is 18.7 Å². The number of nitrogens with zero attached hydrogens (tertiary/aromatic N) is 6. The molecule has 4 heterocycles. The number of carbonyl (C=O) groups excluding carboxylic acids is 1. The lowest BCUT2D eigenvalue weighted by Gasteiger charge is -2.48. The van der Waals surface area contributed by atoms with Crippen molar-refractivity contribution in [2.24, 2.45) is 0 Å². The Bertz CT molecular complexity index is 1530. The molecule has 2 atom stereocenters. The Morgan fingerprint density at radius 2 is 1.71 bits per heavy atom. The van der Waals surface area contributed by atoms with Gasteiger partial charge in [-0.3, -0.25) is 4.90 Å². The topological polar surface area (TPSA) is 112 Å². The molecule has 11 heteroatoms. The summed E-state index contributed by atoms with van der Waals surface area (Å²) in [7, 11) is 0. The molecule has 10 nitrogen and oxygen atoms in total. The van der Waals surface area contributed by atoms with Gasteiger partial charge in [-0.1, -0.05) is 18.2 Å². The lowest BCUT2D eigenvalue weighted by Crippen LogP contribution is -2.64. The standard InChI is InChI=1S/C30H34FN7O3/c1-30(2,3)41-29(39)37-15-20(16-37)36-14-13-24(23(31)17-36)38-28-25(27(32)33-18-34-28)26(35-38)19-9-11-22(12-10-19)40-21-7-5-4-6-8-21/h4-12,18,20,23-24H,13-17H2,1-3H3,(H2,32,33,34)/t23-,24-/m0/s1. The minimum atomic E-state index is -1.17. The molecule has 1 amide bonds. The number of anilines is 1. The third kappa shape index (κ3) is 5.54. The highest BCUT2D eigenvalue weighted by Crippen LogP contribution is 2.36. The smallest absolute Gasteiger partial charge is 0.410 e. The zero-order chi connectivity index (χ0) is 28.7. The molecule has 0 saturated carbocycles. The minimum Gasteiger partial charge on any atom is -0.457 e. The molecule has 2 N–H and O–H groups in total. The van der Waals surface area contributed by atoms with Gasteiger partial charge >= 0.3 is 6.09 Å². The first-order valence-corrected chi connectivity index (χ1v) is 13.8. The number of hydrogen-bond donors (Lipinski definition) is 1. The zero-order valence-corrected chi connectivity index (χ0v) is 23.4. The fourth-order valence-electron chi connectivity index (χ4n) is 5.42. The van der Waals surface area contributed by atoms with Crippen LogP contribution in [0.2, 0.25) is 0 Å². The van der Waals surface area contributed by atoms with E-state index < -0.39 is 17.8 Å². The van der Waals surface area contributed by atoms with Gasteiger partial charge in [0.15, 0.2) is 5.65 Å². The Morgan fingerprint density at radius 1 is 1.00 bits per heavy atom. The van der Waals surface area contributed by atoms with Crippen molar-refractivity contribution in [2.45, 2.75) is 51.0 Å². The predicted molar refractivity (Wildman–Crippen MR) is 153 cm³/mol. The van der Waals surface area contributed by atoms with E-state index in [1.54, 1.807) is 9.58 Å². The molecule has 2 aliphatic rings. The van der Waals surface area contributed by atoms with E-state index in [0.29, 0.717) is 54.3 Å². The van der Waals surface area contributed by atoms with Crippen LogP contribution in [0.3, 0.4) is 0 Å². The fourth-order valence-corrected chi connectivity index (χ4v) is 5.42. The van der Waals surface area contributed by atoms with E-state index in [1.165, 1.54) is 6.33 Å². The number of nitrogen functional groups attached to an aromatic ring is 1. The van der Waals surface area contributed by atoms with E-state index in [4.69, 9.17) is 20.3 Å². The Kier molecular flexibility index (Phi) is 6.98. The first kappa shape index (κ1) is 26.9. The van der Waals surface area contributed by atoms with Gasteiger partial charge in [0.05, 0.1) is 11.4 Å². The van der Waals surface area contributed by atoms with Gasteiger partial charge in [0.2, 0.25) is 0 Å². The van der Waals surface area contributed by atoms with Gasteiger partial charge in [-0.15, -0.1) is 0 Å². The number of rotatable bonds is 5. The van der Waals surface area contributed by atoms with Gasteiger partial charge < -0.3 is 20.1 Å². The van der Waals surface area contributed by atoms with Crippen LogP contribution in [0, 0.1) is 0 Å². The number of para-hydroxylation sites is 1. The summed E-state index contributed by atoms with van der Waals surface area (Å²) in [6.45, 7) is 7.54. The predicted octanol–water partition coefficient (Wildman–Crippen LogP) is 5.07. The molecule has 2 fully saturated rings. The molecule has 0 unspecified atom stereocenters. The minimum absolute atomic E-state index is 0.112. The third-order valence-corrected chi connectivity index (χ3v) is 7.51. The number of fused-ring (bicyclic) bond motifs is 1. The SMILES string of the molecule is CC(C)(C)OC(=O)N1CC(N2CC[C@H](n3nc(-c4ccc(Oc5ccccc5)cc4)c4c(N)ncnc43)[C@@H](F)C2)C1. The summed E-state index contributed by atoms with van der Waals surface area (Å²) < 4.78 is 28.8. The number of likely N-dealkylation sites (tertiary alicyclic amines) is 2. The molecular formula is C30H34FN7O3. The number of alkyl halides is 1. The largest absolute Gasteiger partial charge is 0.457 e. The second kappa shape index (κ2) is 10.6. The molecule has 41 heavy (non-hydrogen) atoms. The number of piperidine rings is 1. The highest BCUT2D eigenvalue weighted by Gasteiger charge is 2.42. The molecule has 6 rings (SSSR count). The van der Waals surface area contributed by atoms with Crippen molar-refractivity contribution in [2.75, 3.05) is 31.9 Å². The lowest BCUT2D eigenvalue weighted by atomic mass is 9.98. The lowest BCUT2D eigenvalue weighted by molar-refractivity contribution is -0.0322. The number of aromatic nitrogens is 4. The number of amides is 1. The molecule has 0 bridgehead atoms. The molecule has 0 aliphatic carbocycles. The Balaban J connectivity index is 1.18. The maximum absolute atomic E-state index is 15.8. The van der Waals surface area contributed by atoms with E-state index >= 15 is 4.39 Å². The van der Waals surface area contributed by atoms with Crippen molar-refractivity contribution in [1.82, 2.24) is 29.5 Å². The quantitative estimate of drug-likeness (QED) is 0.361. The Labute approximate surface area is 237 Å². The van der Waals surface area contributed by atoms with Crippen LogP contribution >= 0.6 is 0 Å². The average Bonchev–Trinajstić information content (AvgIpc) is 3.29. The second-order valence-electron chi connectivity index (χ2n) is 11.6. The van der Waals surface area contributed by atoms with Crippen LogP contribution in [-0.4, -0.2) is 79.6 Å². The summed E-state index contributed by atoms with van der Waals surface area (Å²) in [6.07, 6.45) is 0.438. The molecule has 2 aromatic heterocycles. The van der Waals surface area contributed by atoms with E-state index in [9.17, 15) is 4.79 Å². The van der Waals surface area contributed by atoms with Crippen molar-refractivity contribution in [3.8, 4) is 22.8 Å². The van der Waals surface area contributed by atoms with Gasteiger partial charge in [-0.2, -0.15) is 5.10 Å². The van der Waals surface area contributed by atoms with Crippen molar-refractivity contribution in [1.29, 1.82) is 0 Å². The molecule has 214 valence electrons. The third-order valence-electron chi connectivity index (χ3n) is 7.51. The summed E-state index contributed by atoms with van der Waals surface area (Å²) in [4.78, 5) is 24.7. The molecule has 2 aromatic carbocycles. The van der Waals surface area contributed by atoms with E-state index in [-0.39, 0.29) is 18.7 Å². The highest BCUT2D eigenvalue weighted by molar-refractivity contribution is 5.98. The fraction of sp³-hybridized carbons (Fsp3) is 0.400. The van der Waals surface area contributed by atoms with Gasteiger partial charge in [-0.25, -0.2) is 23.8 Å². The number of carbonyl (C=O) groups is 1. The summed E-state index contributed by atoms with van der Waals surface area (Å²) in [6, 6.07) is 16.7. The van der Waals surface area contributed by atoms with Crippen LogP contribution in [0.25, 0.3) is 22.3 Å². The Morgan fingerprint density at radius 3 is 2.39 bits per heavy atom. The number of benzene rings is 2. The molecule has 2 saturated heterocycles. The van der Waals surface area contributed by atoms with Gasteiger partial charge in [0.1, 0.15) is 41.1 Å². The van der Waals surface area contributed by atoms with Gasteiger partial charge in [0, 0.05) is 37.8 Å². The number of nitrogens with two attached hydrogens (primary N) is 1. The van der Waals surface area contributed by atoms with E-state index in [2.05, 4.69) is 14.9 Å². The second-order valence-corrected chi connectivity index (χ2v) is 11.6. The van der Waals surface area contributed by atoms with Crippen LogP contribution in [0.5, 0.6) is 11.5 Å². The molecule has 0 spiro atoms. The maximum Gasteiger partial charge on any atom is 0.410 e. The van der Waals surface area contributed by atoms with Gasteiger partial charge in [-0.05, 0) is 63.6 Å². The maximum atomic E-state index is 15.8. The van der Waals surface area contributed by atoms with Crippen molar-refractivity contribution in [3.63, 3.8) is 0 Å². The summed E-state index contributed by atoms with van der Waals surface area (Å²) >= 11 is 0. The van der Waals surface area contributed by atoms with Crippen molar-refractivity contribution in [3.05, 3.63) is 60.9 Å². The van der Waals surface area contributed by atoms with Crippen LogP contribution < -0.4 is 10.5 Å².